The van der Waals surface area contributed by atoms with Gasteiger partial charge in [0.15, 0.2) is 11.5 Å². The lowest BCUT2D eigenvalue weighted by Crippen LogP contribution is -2.18. The molecule has 0 aliphatic heterocycles. The van der Waals surface area contributed by atoms with Crippen molar-refractivity contribution in [1.82, 2.24) is 5.32 Å². The van der Waals surface area contributed by atoms with E-state index < -0.39 is 0 Å². The minimum Gasteiger partial charge on any atom is -0.493 e. The van der Waals surface area contributed by atoms with Gasteiger partial charge < -0.3 is 14.8 Å². The Hall–Kier alpha value is -2.08. The van der Waals surface area contributed by atoms with Crippen molar-refractivity contribution >= 4 is 27.5 Å². The molecule has 0 saturated heterocycles. The predicted octanol–water partition coefficient (Wildman–Crippen LogP) is 6.68. The van der Waals surface area contributed by atoms with Gasteiger partial charge in [-0.15, -0.1) is 0 Å². The number of rotatable bonds is 8. The highest BCUT2D eigenvalue weighted by atomic mass is 79.9. The molecule has 152 valence electrons. The van der Waals surface area contributed by atoms with E-state index in [0.29, 0.717) is 28.6 Å². The second kappa shape index (κ2) is 10.1. The first kappa shape index (κ1) is 21.6. The van der Waals surface area contributed by atoms with Gasteiger partial charge in [0, 0.05) is 18.2 Å². The average molecular weight is 479 g/mol. The lowest BCUT2D eigenvalue weighted by molar-refractivity contribution is 0.282. The van der Waals surface area contributed by atoms with Crippen molar-refractivity contribution in [3.8, 4) is 11.5 Å². The summed E-state index contributed by atoms with van der Waals surface area (Å²) in [5, 5.41) is 3.84. The van der Waals surface area contributed by atoms with Crippen LogP contribution >= 0.6 is 27.5 Å². The first-order valence-electron chi connectivity index (χ1n) is 9.19. The molecule has 3 aromatic carbocycles. The molecular formula is C23H22BrClFNO2. The van der Waals surface area contributed by atoms with Crippen LogP contribution in [0.5, 0.6) is 11.5 Å². The van der Waals surface area contributed by atoms with Crippen LogP contribution in [0.15, 0.2) is 65.1 Å². The van der Waals surface area contributed by atoms with E-state index in [1.54, 1.807) is 13.2 Å². The van der Waals surface area contributed by atoms with Crippen LogP contribution in [0.4, 0.5) is 4.39 Å². The van der Waals surface area contributed by atoms with E-state index in [4.69, 9.17) is 21.1 Å². The standard InChI is InChI=1S/C23H22BrClFNO2/c1-15(17-6-4-3-5-7-17)27-13-16-10-20(24)23(22(11-16)28-2)29-14-18-8-9-19(26)12-21(18)25/h3-12,15,27H,13-14H2,1-2H3. The molecule has 0 saturated carbocycles. The molecule has 1 unspecified atom stereocenters. The molecule has 0 aliphatic carbocycles. The van der Waals surface area contributed by atoms with Gasteiger partial charge in [-0.3, -0.25) is 0 Å². The fourth-order valence-electron chi connectivity index (χ4n) is 2.93. The van der Waals surface area contributed by atoms with E-state index in [1.165, 1.54) is 17.7 Å². The van der Waals surface area contributed by atoms with Crippen LogP contribution in [0.25, 0.3) is 0 Å². The first-order valence-corrected chi connectivity index (χ1v) is 10.4. The number of methoxy groups -OCH3 is 1. The molecular weight excluding hydrogens is 457 g/mol. The highest BCUT2D eigenvalue weighted by molar-refractivity contribution is 9.10. The maximum atomic E-state index is 13.2. The predicted molar refractivity (Wildman–Crippen MR) is 118 cm³/mol. The molecule has 1 atom stereocenters. The SMILES string of the molecule is COc1cc(CNC(C)c2ccccc2)cc(Br)c1OCc1ccc(F)cc1Cl. The summed E-state index contributed by atoms with van der Waals surface area (Å²) in [6.45, 7) is 3.01. The molecule has 0 aliphatic rings. The molecule has 0 radical (unpaired) electrons. The summed E-state index contributed by atoms with van der Waals surface area (Å²) in [6, 6.07) is 18.7. The van der Waals surface area contributed by atoms with E-state index in [1.807, 2.05) is 30.3 Å². The molecule has 29 heavy (non-hydrogen) atoms. The molecule has 0 aromatic heterocycles. The van der Waals surface area contributed by atoms with Gasteiger partial charge >= 0.3 is 0 Å². The summed E-state index contributed by atoms with van der Waals surface area (Å²) >= 11 is 9.65. The third-order valence-electron chi connectivity index (χ3n) is 4.59. The zero-order chi connectivity index (χ0) is 20.8. The van der Waals surface area contributed by atoms with Gasteiger partial charge in [0.25, 0.3) is 0 Å². The van der Waals surface area contributed by atoms with Crippen LogP contribution in [0.2, 0.25) is 5.02 Å². The van der Waals surface area contributed by atoms with Gasteiger partial charge in [0.2, 0.25) is 0 Å². The highest BCUT2D eigenvalue weighted by Gasteiger charge is 2.14. The number of hydrogen-bond acceptors (Lipinski definition) is 3. The van der Waals surface area contributed by atoms with Crippen LogP contribution in [-0.4, -0.2) is 7.11 Å². The third-order valence-corrected chi connectivity index (χ3v) is 5.53. The number of hydrogen-bond donors (Lipinski definition) is 1. The molecule has 3 nitrogen and oxygen atoms in total. The smallest absolute Gasteiger partial charge is 0.175 e. The quantitative estimate of drug-likeness (QED) is 0.392. The maximum Gasteiger partial charge on any atom is 0.175 e. The zero-order valence-electron chi connectivity index (χ0n) is 16.2. The minimum absolute atomic E-state index is 0.205. The second-order valence-corrected chi connectivity index (χ2v) is 7.91. The van der Waals surface area contributed by atoms with Crippen molar-refractivity contribution in [2.75, 3.05) is 7.11 Å². The van der Waals surface area contributed by atoms with E-state index in [-0.39, 0.29) is 18.5 Å². The van der Waals surface area contributed by atoms with Crippen LogP contribution in [0, 0.1) is 5.82 Å². The van der Waals surface area contributed by atoms with Crippen LogP contribution in [0.3, 0.4) is 0 Å². The van der Waals surface area contributed by atoms with Gasteiger partial charge in [-0.25, -0.2) is 4.39 Å². The third kappa shape index (κ3) is 5.72. The molecule has 1 N–H and O–H groups in total. The maximum absolute atomic E-state index is 13.2. The fourth-order valence-corrected chi connectivity index (χ4v) is 3.76. The van der Waals surface area contributed by atoms with Crippen molar-refractivity contribution in [1.29, 1.82) is 0 Å². The summed E-state index contributed by atoms with van der Waals surface area (Å²) < 4.78 is 25.4. The van der Waals surface area contributed by atoms with Gasteiger partial charge in [0.1, 0.15) is 12.4 Å². The molecule has 0 fully saturated rings. The topological polar surface area (TPSA) is 30.5 Å². The Morgan fingerprint density at radius 1 is 1.10 bits per heavy atom. The van der Waals surface area contributed by atoms with Crippen molar-refractivity contribution in [2.45, 2.75) is 26.1 Å². The lowest BCUT2D eigenvalue weighted by atomic mass is 10.1. The Morgan fingerprint density at radius 3 is 2.55 bits per heavy atom. The number of ether oxygens (including phenoxy) is 2. The number of nitrogens with one attached hydrogen (secondary N) is 1. The Labute approximate surface area is 183 Å². The molecule has 0 heterocycles. The lowest BCUT2D eigenvalue weighted by Gasteiger charge is -2.17. The summed E-state index contributed by atoms with van der Waals surface area (Å²) in [4.78, 5) is 0. The Morgan fingerprint density at radius 2 is 1.86 bits per heavy atom. The van der Waals surface area contributed by atoms with E-state index in [2.05, 4.69) is 40.3 Å². The van der Waals surface area contributed by atoms with Crippen molar-refractivity contribution in [3.05, 3.63) is 92.7 Å². The Bertz CT molecular complexity index is 969. The zero-order valence-corrected chi connectivity index (χ0v) is 18.6. The molecule has 0 amide bonds. The largest absolute Gasteiger partial charge is 0.493 e. The van der Waals surface area contributed by atoms with Crippen LogP contribution in [-0.2, 0) is 13.2 Å². The van der Waals surface area contributed by atoms with Crippen LogP contribution in [0.1, 0.15) is 29.7 Å². The van der Waals surface area contributed by atoms with Gasteiger partial charge in [-0.05, 0) is 58.2 Å². The fraction of sp³-hybridized carbons (Fsp3) is 0.217. The van der Waals surface area contributed by atoms with Crippen molar-refractivity contribution in [3.63, 3.8) is 0 Å². The minimum atomic E-state index is -0.376. The van der Waals surface area contributed by atoms with Crippen LogP contribution < -0.4 is 14.8 Å². The number of benzene rings is 3. The van der Waals surface area contributed by atoms with E-state index in [0.717, 1.165) is 10.0 Å². The first-order chi connectivity index (χ1) is 14.0. The summed E-state index contributed by atoms with van der Waals surface area (Å²) in [5.74, 6) is 0.814. The molecule has 6 heteroatoms. The van der Waals surface area contributed by atoms with Gasteiger partial charge in [-0.1, -0.05) is 48.0 Å². The molecule has 3 rings (SSSR count). The summed E-state index contributed by atoms with van der Waals surface area (Å²) in [5.41, 5.74) is 2.99. The van der Waals surface area contributed by atoms with Crippen molar-refractivity contribution < 1.29 is 13.9 Å². The molecule has 0 spiro atoms. The number of halogens is 3. The van der Waals surface area contributed by atoms with Gasteiger partial charge in [-0.2, -0.15) is 0 Å². The van der Waals surface area contributed by atoms with Gasteiger partial charge in [0.05, 0.1) is 16.6 Å². The monoisotopic (exact) mass is 477 g/mol. The molecule has 3 aromatic rings. The second-order valence-electron chi connectivity index (χ2n) is 6.65. The van der Waals surface area contributed by atoms with E-state index in [9.17, 15) is 4.39 Å². The Balaban J connectivity index is 1.70. The highest BCUT2D eigenvalue weighted by Crippen LogP contribution is 2.37. The summed E-state index contributed by atoms with van der Waals surface area (Å²) in [6.07, 6.45) is 0. The average Bonchev–Trinajstić information content (AvgIpc) is 2.72. The van der Waals surface area contributed by atoms with Crippen molar-refractivity contribution in [2.24, 2.45) is 0 Å². The normalized spacial score (nSPS) is 11.9. The Kier molecular flexibility index (Phi) is 7.53. The molecule has 0 bridgehead atoms. The van der Waals surface area contributed by atoms with E-state index >= 15 is 0 Å². The summed E-state index contributed by atoms with van der Waals surface area (Å²) in [7, 11) is 1.60.